The van der Waals surface area contributed by atoms with Gasteiger partial charge in [0.1, 0.15) is 18.0 Å². The highest BCUT2D eigenvalue weighted by Crippen LogP contribution is 2.30. The highest BCUT2D eigenvalue weighted by molar-refractivity contribution is 5.89. The molecule has 2 amide bonds. The smallest absolute Gasteiger partial charge is 0.416 e. The van der Waals surface area contributed by atoms with Crippen molar-refractivity contribution in [3.63, 3.8) is 0 Å². The van der Waals surface area contributed by atoms with E-state index in [1.165, 1.54) is 0 Å². The molecule has 1 N–H and O–H groups in total. The molecule has 1 aromatic carbocycles. The van der Waals surface area contributed by atoms with Gasteiger partial charge in [-0.3, -0.25) is 9.80 Å². The standard InChI is InChI=1S/C33H46N6O5/c1-8-10-23(3)39-29-27(21-43-32(39)41)20-34-30(36-29)35-24(4)25-11-13-26(14-12-25)28(22-42-19-9-2)37-15-17-38(18-16-37)31(40)44-33(5,6)7/h8-9,11-14,20,23-24,28H,1-2,10,15-19,21-22H2,3-7H3,(H,34,35,36)/t23-,24-,28?/m0/s1. The van der Waals surface area contributed by atoms with Crippen LogP contribution in [-0.2, 0) is 20.8 Å². The van der Waals surface area contributed by atoms with Crippen molar-refractivity contribution >= 4 is 24.0 Å². The van der Waals surface area contributed by atoms with Gasteiger partial charge in [-0.2, -0.15) is 4.98 Å². The van der Waals surface area contributed by atoms with Gasteiger partial charge >= 0.3 is 12.2 Å². The van der Waals surface area contributed by atoms with E-state index in [9.17, 15) is 9.59 Å². The Hall–Kier alpha value is -3.96. The lowest BCUT2D eigenvalue weighted by atomic mass is 10.0. The average Bonchev–Trinajstić information content (AvgIpc) is 2.99. The third-order valence-corrected chi connectivity index (χ3v) is 7.65. The van der Waals surface area contributed by atoms with Crippen molar-refractivity contribution in [2.75, 3.05) is 49.6 Å². The van der Waals surface area contributed by atoms with Gasteiger partial charge < -0.3 is 24.4 Å². The monoisotopic (exact) mass is 606 g/mol. The van der Waals surface area contributed by atoms with Crippen LogP contribution in [0.2, 0.25) is 0 Å². The van der Waals surface area contributed by atoms with E-state index >= 15 is 0 Å². The number of hydrogen-bond donors (Lipinski definition) is 1. The first-order valence-corrected chi connectivity index (χ1v) is 15.2. The quantitative estimate of drug-likeness (QED) is 0.234. The highest BCUT2D eigenvalue weighted by Gasteiger charge is 2.32. The molecule has 2 aliphatic heterocycles. The van der Waals surface area contributed by atoms with Crippen molar-refractivity contribution in [1.82, 2.24) is 19.8 Å². The number of carbonyl (C=O) groups excluding carboxylic acids is 2. The van der Waals surface area contributed by atoms with Gasteiger partial charge in [0.15, 0.2) is 0 Å². The van der Waals surface area contributed by atoms with Crippen molar-refractivity contribution in [2.24, 2.45) is 0 Å². The summed E-state index contributed by atoms with van der Waals surface area (Å²) in [5, 5.41) is 3.38. The number of anilines is 2. The van der Waals surface area contributed by atoms with E-state index in [1.807, 2.05) is 34.6 Å². The summed E-state index contributed by atoms with van der Waals surface area (Å²) in [6.45, 7) is 20.9. The van der Waals surface area contributed by atoms with Crippen molar-refractivity contribution in [1.29, 1.82) is 0 Å². The molecule has 3 atom stereocenters. The van der Waals surface area contributed by atoms with E-state index in [0.29, 0.717) is 57.6 Å². The molecule has 44 heavy (non-hydrogen) atoms. The molecule has 0 radical (unpaired) electrons. The molecule has 11 nitrogen and oxygen atoms in total. The summed E-state index contributed by atoms with van der Waals surface area (Å²) in [5.74, 6) is 0.995. The van der Waals surface area contributed by atoms with Gasteiger partial charge in [0.25, 0.3) is 0 Å². The zero-order chi connectivity index (χ0) is 31.9. The number of nitrogens with one attached hydrogen (secondary N) is 1. The number of fused-ring (bicyclic) bond motifs is 1. The predicted octanol–water partition coefficient (Wildman–Crippen LogP) is 5.87. The third kappa shape index (κ3) is 8.35. The fourth-order valence-corrected chi connectivity index (χ4v) is 5.31. The number of piperazine rings is 1. The van der Waals surface area contributed by atoms with Crippen molar-refractivity contribution in [3.8, 4) is 0 Å². The van der Waals surface area contributed by atoms with Gasteiger partial charge in [-0.25, -0.2) is 14.6 Å². The van der Waals surface area contributed by atoms with Crippen LogP contribution >= 0.6 is 0 Å². The Balaban J connectivity index is 1.44. The summed E-state index contributed by atoms with van der Waals surface area (Å²) in [6.07, 6.45) is 5.15. The van der Waals surface area contributed by atoms with E-state index in [2.05, 4.69) is 52.6 Å². The lowest BCUT2D eigenvalue weighted by Crippen LogP contribution is -2.51. The summed E-state index contributed by atoms with van der Waals surface area (Å²) in [4.78, 5) is 40.0. The molecule has 2 aliphatic rings. The molecule has 1 fully saturated rings. The van der Waals surface area contributed by atoms with Gasteiger partial charge in [-0.15, -0.1) is 13.2 Å². The van der Waals surface area contributed by atoms with Crippen LogP contribution in [0.25, 0.3) is 0 Å². The van der Waals surface area contributed by atoms with E-state index in [-0.39, 0.29) is 30.8 Å². The third-order valence-electron chi connectivity index (χ3n) is 7.65. The minimum atomic E-state index is -0.520. The van der Waals surface area contributed by atoms with Gasteiger partial charge in [0.2, 0.25) is 5.95 Å². The number of ether oxygens (including phenoxy) is 3. The molecule has 3 heterocycles. The number of carbonyl (C=O) groups is 2. The maximum Gasteiger partial charge on any atom is 0.416 e. The second-order valence-electron chi connectivity index (χ2n) is 12.2. The Morgan fingerprint density at radius 3 is 2.41 bits per heavy atom. The van der Waals surface area contributed by atoms with Gasteiger partial charge in [-0.1, -0.05) is 36.4 Å². The molecule has 1 unspecified atom stereocenters. The van der Waals surface area contributed by atoms with Crippen molar-refractivity contribution in [3.05, 3.63) is 72.5 Å². The van der Waals surface area contributed by atoms with Crippen molar-refractivity contribution < 1.29 is 23.8 Å². The van der Waals surface area contributed by atoms with Crippen LogP contribution in [0.15, 0.2) is 55.8 Å². The molecular formula is C33H46N6O5. The van der Waals surface area contributed by atoms with Crippen LogP contribution < -0.4 is 10.2 Å². The Labute approximate surface area is 260 Å². The first-order valence-electron chi connectivity index (χ1n) is 15.2. The lowest BCUT2D eigenvalue weighted by molar-refractivity contribution is 0.00234. The topological polar surface area (TPSA) is 109 Å². The number of nitrogens with zero attached hydrogens (tertiary/aromatic N) is 5. The zero-order valence-electron chi connectivity index (χ0n) is 26.6. The van der Waals surface area contributed by atoms with Crippen LogP contribution in [0.4, 0.5) is 21.4 Å². The first kappa shape index (κ1) is 32.9. The maximum atomic E-state index is 12.6. The van der Waals surface area contributed by atoms with Crippen molar-refractivity contribution in [2.45, 2.75) is 71.4 Å². The summed E-state index contributed by atoms with van der Waals surface area (Å²) < 4.78 is 16.8. The zero-order valence-corrected chi connectivity index (χ0v) is 26.6. The number of cyclic esters (lactones) is 1. The molecule has 4 rings (SSSR count). The molecule has 1 saturated heterocycles. The number of benzene rings is 1. The van der Waals surface area contributed by atoms with E-state index in [0.717, 1.165) is 16.7 Å². The normalized spacial score (nSPS) is 17.6. The number of rotatable bonds is 12. The maximum absolute atomic E-state index is 12.6. The number of hydrogen-bond acceptors (Lipinski definition) is 9. The molecule has 11 heteroatoms. The average molecular weight is 607 g/mol. The molecule has 0 spiro atoms. The van der Waals surface area contributed by atoms with E-state index < -0.39 is 11.7 Å². The van der Waals surface area contributed by atoms with Crippen LogP contribution in [0, 0.1) is 0 Å². The molecule has 0 aliphatic carbocycles. The minimum Gasteiger partial charge on any atom is -0.444 e. The summed E-state index contributed by atoms with van der Waals surface area (Å²) in [6, 6.07) is 8.23. The van der Waals surface area contributed by atoms with Gasteiger partial charge in [0.05, 0.1) is 30.9 Å². The van der Waals surface area contributed by atoms with E-state index in [4.69, 9.17) is 19.2 Å². The first-order chi connectivity index (χ1) is 21.0. The van der Waals surface area contributed by atoms with E-state index in [1.54, 1.807) is 28.1 Å². The van der Waals surface area contributed by atoms with Crippen LogP contribution in [-0.4, -0.2) is 83.0 Å². The molecule has 0 saturated carbocycles. The second-order valence-corrected chi connectivity index (χ2v) is 12.2. The molecule has 238 valence electrons. The number of amides is 2. The molecule has 2 aromatic rings. The Bertz CT molecular complexity index is 1300. The Kier molecular flexibility index (Phi) is 11.0. The lowest BCUT2D eigenvalue weighted by Gasteiger charge is -2.39. The van der Waals surface area contributed by atoms with Crippen LogP contribution in [0.3, 0.4) is 0 Å². The molecular weight excluding hydrogens is 560 g/mol. The van der Waals surface area contributed by atoms with Gasteiger partial charge in [0, 0.05) is 38.4 Å². The van der Waals surface area contributed by atoms with Crippen LogP contribution in [0.5, 0.6) is 0 Å². The van der Waals surface area contributed by atoms with Gasteiger partial charge in [-0.05, 0) is 52.2 Å². The van der Waals surface area contributed by atoms with Crippen LogP contribution in [0.1, 0.15) is 69.8 Å². The largest absolute Gasteiger partial charge is 0.444 e. The predicted molar refractivity (Wildman–Crippen MR) is 171 cm³/mol. The summed E-state index contributed by atoms with van der Waals surface area (Å²) >= 11 is 0. The molecule has 0 bridgehead atoms. The number of aromatic nitrogens is 2. The SMILES string of the molecule is C=CCOCC(c1ccc([C@H](C)Nc2ncc3c(n2)N([C@@H](C)CC=C)C(=O)OC3)cc1)N1CCN(C(=O)OC(C)(C)C)CC1. The molecule has 1 aromatic heterocycles. The Morgan fingerprint density at radius 2 is 1.77 bits per heavy atom. The minimum absolute atomic E-state index is 0.0281. The highest BCUT2D eigenvalue weighted by atomic mass is 16.6. The fourth-order valence-electron chi connectivity index (χ4n) is 5.31. The summed E-state index contributed by atoms with van der Waals surface area (Å²) in [5.41, 5.74) is 2.44. The Morgan fingerprint density at radius 1 is 1.09 bits per heavy atom. The second kappa shape index (κ2) is 14.7. The summed E-state index contributed by atoms with van der Waals surface area (Å²) in [7, 11) is 0. The fraction of sp³-hybridized carbons (Fsp3) is 0.515.